The second-order valence-electron chi connectivity index (χ2n) is 5.11. The van der Waals surface area contributed by atoms with Crippen LogP contribution in [0.3, 0.4) is 0 Å². The Balaban J connectivity index is 1.89. The lowest BCUT2D eigenvalue weighted by Gasteiger charge is -2.08. The van der Waals surface area contributed by atoms with E-state index in [1.807, 2.05) is 12.1 Å². The molecule has 1 heterocycles. The number of aromatic carboxylic acids is 1. The Morgan fingerprint density at radius 2 is 1.83 bits per heavy atom. The summed E-state index contributed by atoms with van der Waals surface area (Å²) in [6, 6.07) is 11.4. The fourth-order valence-electron chi connectivity index (χ4n) is 2.12. The van der Waals surface area contributed by atoms with Crippen LogP contribution in [0.1, 0.15) is 35.9 Å². The molecule has 3 heteroatoms. The molecule has 1 aromatic carbocycles. The fraction of sp³-hybridized carbons (Fsp3) is 0.267. The highest BCUT2D eigenvalue weighted by atomic mass is 16.4. The van der Waals surface area contributed by atoms with Crippen LogP contribution < -0.4 is 0 Å². The Hall–Kier alpha value is -2.03. The second-order valence-corrected chi connectivity index (χ2v) is 5.11. The molecule has 2 aromatic rings. The van der Waals surface area contributed by atoms with E-state index < -0.39 is 5.97 Å². The molecule has 0 bridgehead atoms. The number of benzene rings is 1. The standard InChI is InChI=1S/C15H14O3/c1-15(8-9-15)11-4-2-10(3-5-11)12-6-7-13(18-12)14(16)17/h2-7H,8-9H2,1H3,(H,16,17). The maximum absolute atomic E-state index is 10.7. The van der Waals surface area contributed by atoms with Gasteiger partial charge in [0.1, 0.15) is 5.76 Å². The van der Waals surface area contributed by atoms with Crippen molar-refractivity contribution < 1.29 is 14.3 Å². The zero-order valence-electron chi connectivity index (χ0n) is 10.1. The number of rotatable bonds is 3. The number of furan rings is 1. The summed E-state index contributed by atoms with van der Waals surface area (Å²) in [4.78, 5) is 10.7. The highest BCUT2D eigenvalue weighted by Crippen LogP contribution is 2.47. The first kappa shape index (κ1) is 11.1. The second kappa shape index (κ2) is 3.73. The van der Waals surface area contributed by atoms with Gasteiger partial charge in [-0.25, -0.2) is 4.79 Å². The number of hydrogen-bond acceptors (Lipinski definition) is 2. The molecule has 1 fully saturated rings. The van der Waals surface area contributed by atoms with Crippen LogP contribution in [0.2, 0.25) is 0 Å². The van der Waals surface area contributed by atoms with E-state index in [1.165, 1.54) is 24.5 Å². The summed E-state index contributed by atoms with van der Waals surface area (Å²) in [5.41, 5.74) is 2.61. The predicted molar refractivity (Wildman–Crippen MR) is 67.7 cm³/mol. The third kappa shape index (κ3) is 1.82. The minimum atomic E-state index is -1.04. The molecule has 0 aliphatic heterocycles. The maximum Gasteiger partial charge on any atom is 0.371 e. The summed E-state index contributed by atoms with van der Waals surface area (Å²) in [7, 11) is 0. The van der Waals surface area contributed by atoms with Gasteiger partial charge in [-0.1, -0.05) is 31.2 Å². The van der Waals surface area contributed by atoms with Gasteiger partial charge in [-0.05, 0) is 36.0 Å². The predicted octanol–water partition coefficient (Wildman–Crippen LogP) is 3.70. The summed E-state index contributed by atoms with van der Waals surface area (Å²) in [6.45, 7) is 2.26. The third-order valence-corrected chi connectivity index (χ3v) is 3.68. The van der Waals surface area contributed by atoms with Crippen molar-refractivity contribution in [3.8, 4) is 11.3 Å². The van der Waals surface area contributed by atoms with Crippen molar-refractivity contribution in [2.75, 3.05) is 0 Å². The van der Waals surface area contributed by atoms with Crippen LogP contribution in [0.15, 0.2) is 40.8 Å². The van der Waals surface area contributed by atoms with E-state index in [1.54, 1.807) is 6.07 Å². The van der Waals surface area contributed by atoms with Crippen LogP contribution in [0.25, 0.3) is 11.3 Å². The first-order valence-electron chi connectivity index (χ1n) is 6.03. The van der Waals surface area contributed by atoms with E-state index in [2.05, 4.69) is 19.1 Å². The number of carbonyl (C=O) groups is 1. The van der Waals surface area contributed by atoms with Gasteiger partial charge in [-0.3, -0.25) is 0 Å². The van der Waals surface area contributed by atoms with Crippen LogP contribution in [0.4, 0.5) is 0 Å². The Kier molecular flexibility index (Phi) is 2.30. The highest BCUT2D eigenvalue weighted by molar-refractivity contribution is 5.85. The Bertz CT molecular complexity index is 588. The number of hydrogen-bond donors (Lipinski definition) is 1. The van der Waals surface area contributed by atoms with Crippen molar-refractivity contribution in [3.63, 3.8) is 0 Å². The minimum Gasteiger partial charge on any atom is -0.475 e. The fourth-order valence-corrected chi connectivity index (χ4v) is 2.12. The zero-order valence-corrected chi connectivity index (χ0v) is 10.1. The van der Waals surface area contributed by atoms with Crippen LogP contribution in [0.5, 0.6) is 0 Å². The molecule has 3 nitrogen and oxygen atoms in total. The molecule has 1 aliphatic rings. The summed E-state index contributed by atoms with van der Waals surface area (Å²) in [5.74, 6) is -0.466. The van der Waals surface area contributed by atoms with Gasteiger partial charge in [-0.15, -0.1) is 0 Å². The van der Waals surface area contributed by atoms with Gasteiger partial charge in [0.05, 0.1) is 0 Å². The van der Waals surface area contributed by atoms with Gasteiger partial charge >= 0.3 is 5.97 Å². The Morgan fingerprint density at radius 3 is 2.33 bits per heavy atom. The summed E-state index contributed by atoms with van der Waals surface area (Å²) in [5, 5.41) is 8.81. The van der Waals surface area contributed by atoms with Crippen molar-refractivity contribution in [3.05, 3.63) is 47.7 Å². The molecule has 0 atom stereocenters. The molecule has 3 rings (SSSR count). The van der Waals surface area contributed by atoms with Gasteiger partial charge in [0.15, 0.2) is 0 Å². The van der Waals surface area contributed by atoms with E-state index in [-0.39, 0.29) is 5.76 Å². The van der Waals surface area contributed by atoms with Crippen LogP contribution in [-0.4, -0.2) is 11.1 Å². The lowest BCUT2D eigenvalue weighted by molar-refractivity contribution is 0.0663. The van der Waals surface area contributed by atoms with E-state index >= 15 is 0 Å². The van der Waals surface area contributed by atoms with Crippen molar-refractivity contribution >= 4 is 5.97 Å². The number of carboxylic acids is 1. The monoisotopic (exact) mass is 242 g/mol. The van der Waals surface area contributed by atoms with Crippen molar-refractivity contribution in [2.24, 2.45) is 0 Å². The lowest BCUT2D eigenvalue weighted by atomic mass is 9.97. The Morgan fingerprint density at radius 1 is 1.17 bits per heavy atom. The van der Waals surface area contributed by atoms with E-state index in [4.69, 9.17) is 9.52 Å². The molecule has 0 spiro atoms. The minimum absolute atomic E-state index is 0.0248. The van der Waals surface area contributed by atoms with Gasteiger partial charge < -0.3 is 9.52 Å². The molecule has 0 amide bonds. The topological polar surface area (TPSA) is 50.4 Å². The molecule has 1 aliphatic carbocycles. The van der Waals surface area contributed by atoms with Crippen molar-refractivity contribution in [2.45, 2.75) is 25.2 Å². The first-order valence-corrected chi connectivity index (χ1v) is 6.03. The molecular weight excluding hydrogens is 228 g/mol. The van der Waals surface area contributed by atoms with Gasteiger partial charge in [-0.2, -0.15) is 0 Å². The van der Waals surface area contributed by atoms with Gasteiger partial charge in [0, 0.05) is 5.56 Å². The summed E-state index contributed by atoms with van der Waals surface area (Å²) >= 11 is 0. The van der Waals surface area contributed by atoms with Crippen molar-refractivity contribution in [1.29, 1.82) is 0 Å². The molecule has 18 heavy (non-hydrogen) atoms. The SMILES string of the molecule is CC1(c2ccc(-c3ccc(C(=O)O)o3)cc2)CC1. The molecule has 0 radical (unpaired) electrons. The Labute approximate surface area is 105 Å². The zero-order chi connectivity index (χ0) is 12.8. The smallest absolute Gasteiger partial charge is 0.371 e. The maximum atomic E-state index is 10.7. The average molecular weight is 242 g/mol. The average Bonchev–Trinajstić information content (AvgIpc) is 2.95. The highest BCUT2D eigenvalue weighted by Gasteiger charge is 2.38. The molecule has 0 unspecified atom stereocenters. The number of carboxylic acid groups (broad SMARTS) is 1. The molecule has 92 valence electrons. The van der Waals surface area contributed by atoms with Gasteiger partial charge in [0.25, 0.3) is 0 Å². The first-order chi connectivity index (χ1) is 8.58. The molecular formula is C15H14O3. The quantitative estimate of drug-likeness (QED) is 0.892. The molecule has 1 N–H and O–H groups in total. The molecule has 1 aromatic heterocycles. The normalized spacial score (nSPS) is 16.5. The van der Waals surface area contributed by atoms with Gasteiger partial charge in [0.2, 0.25) is 5.76 Å². The summed E-state index contributed by atoms with van der Waals surface area (Å²) in [6.07, 6.45) is 2.49. The van der Waals surface area contributed by atoms with E-state index in [0.29, 0.717) is 11.2 Å². The third-order valence-electron chi connectivity index (χ3n) is 3.68. The van der Waals surface area contributed by atoms with Crippen LogP contribution in [0, 0.1) is 0 Å². The molecule has 1 saturated carbocycles. The largest absolute Gasteiger partial charge is 0.475 e. The van der Waals surface area contributed by atoms with E-state index in [0.717, 1.165) is 5.56 Å². The van der Waals surface area contributed by atoms with Crippen molar-refractivity contribution in [1.82, 2.24) is 0 Å². The summed E-state index contributed by atoms with van der Waals surface area (Å²) < 4.78 is 5.27. The van der Waals surface area contributed by atoms with Crippen LogP contribution in [-0.2, 0) is 5.41 Å². The van der Waals surface area contributed by atoms with E-state index in [9.17, 15) is 4.79 Å². The van der Waals surface area contributed by atoms with Crippen LogP contribution >= 0.6 is 0 Å². The lowest BCUT2D eigenvalue weighted by Crippen LogP contribution is -1.98. The molecule has 0 saturated heterocycles.